The summed E-state index contributed by atoms with van der Waals surface area (Å²) >= 11 is 0. The highest BCUT2D eigenvalue weighted by atomic mass is 16.5. The van der Waals surface area contributed by atoms with Crippen LogP contribution in [0.15, 0.2) is 78.9 Å². The minimum atomic E-state index is -0.208. The van der Waals surface area contributed by atoms with Gasteiger partial charge in [-0.25, -0.2) is 4.98 Å². The van der Waals surface area contributed by atoms with Crippen molar-refractivity contribution in [3.8, 4) is 0 Å². The molecule has 0 unspecified atom stereocenters. The van der Waals surface area contributed by atoms with Crippen molar-refractivity contribution in [1.82, 2.24) is 9.88 Å². The third-order valence-electron chi connectivity index (χ3n) is 5.75. The van der Waals surface area contributed by atoms with Crippen LogP contribution in [0.2, 0.25) is 0 Å². The summed E-state index contributed by atoms with van der Waals surface area (Å²) in [4.78, 5) is 19.8. The zero-order valence-electron chi connectivity index (χ0n) is 16.8. The van der Waals surface area contributed by atoms with E-state index in [9.17, 15) is 4.79 Å². The Bertz CT molecular complexity index is 917. The monoisotopic (exact) mass is 386 g/mol. The summed E-state index contributed by atoms with van der Waals surface area (Å²) in [5, 5.41) is 0. The summed E-state index contributed by atoms with van der Waals surface area (Å²) in [5.74, 6) is -0.0149. The molecule has 0 bridgehead atoms. The lowest BCUT2D eigenvalue weighted by Crippen LogP contribution is -2.49. The van der Waals surface area contributed by atoms with Gasteiger partial charge in [0.1, 0.15) is 5.69 Å². The van der Waals surface area contributed by atoms with Gasteiger partial charge in [0.25, 0.3) is 5.91 Å². The van der Waals surface area contributed by atoms with Gasteiger partial charge in [0, 0.05) is 25.6 Å². The number of methoxy groups -OCH3 is 1. The lowest BCUT2D eigenvalue weighted by atomic mass is 9.69. The van der Waals surface area contributed by atoms with Gasteiger partial charge in [-0.1, -0.05) is 66.7 Å². The molecular weight excluding hydrogens is 360 g/mol. The van der Waals surface area contributed by atoms with Crippen LogP contribution in [-0.2, 0) is 16.8 Å². The van der Waals surface area contributed by atoms with Gasteiger partial charge >= 0.3 is 0 Å². The van der Waals surface area contributed by atoms with E-state index in [-0.39, 0.29) is 11.3 Å². The van der Waals surface area contributed by atoms with Gasteiger partial charge in [-0.3, -0.25) is 4.79 Å². The Balaban J connectivity index is 1.69. The van der Waals surface area contributed by atoms with E-state index in [1.165, 1.54) is 11.1 Å². The van der Waals surface area contributed by atoms with Crippen molar-refractivity contribution in [2.75, 3.05) is 20.2 Å². The summed E-state index contributed by atoms with van der Waals surface area (Å²) in [7, 11) is 1.63. The summed E-state index contributed by atoms with van der Waals surface area (Å²) in [6.07, 6.45) is 1.97. The van der Waals surface area contributed by atoms with Crippen molar-refractivity contribution in [3.05, 3.63) is 101 Å². The van der Waals surface area contributed by atoms with Crippen molar-refractivity contribution in [3.63, 3.8) is 0 Å². The fourth-order valence-electron chi connectivity index (χ4n) is 4.37. The maximum Gasteiger partial charge on any atom is 0.272 e. The first-order valence-electron chi connectivity index (χ1n) is 10.1. The normalized spacial score (nSPS) is 15.8. The second-order valence-electron chi connectivity index (χ2n) is 7.59. The van der Waals surface area contributed by atoms with Crippen LogP contribution in [0.25, 0.3) is 0 Å². The zero-order valence-corrected chi connectivity index (χ0v) is 16.8. The minimum absolute atomic E-state index is 0.0149. The van der Waals surface area contributed by atoms with E-state index >= 15 is 0 Å². The molecule has 1 amide bonds. The summed E-state index contributed by atoms with van der Waals surface area (Å²) in [6, 6.07) is 26.7. The van der Waals surface area contributed by atoms with Crippen molar-refractivity contribution >= 4 is 5.91 Å². The number of pyridine rings is 1. The number of carbonyl (C=O) groups excluding carboxylic acids is 1. The number of amides is 1. The van der Waals surface area contributed by atoms with Crippen LogP contribution < -0.4 is 0 Å². The van der Waals surface area contributed by atoms with E-state index in [1.807, 2.05) is 29.2 Å². The van der Waals surface area contributed by atoms with Crippen molar-refractivity contribution < 1.29 is 9.53 Å². The molecule has 0 N–H and O–H groups in total. The largest absolute Gasteiger partial charge is 0.378 e. The molecule has 2 aromatic carbocycles. The van der Waals surface area contributed by atoms with Crippen LogP contribution in [-0.4, -0.2) is 36.0 Å². The number of carbonyl (C=O) groups is 1. The molecule has 1 fully saturated rings. The molecule has 1 aliphatic heterocycles. The van der Waals surface area contributed by atoms with Crippen LogP contribution in [0.1, 0.15) is 40.2 Å². The van der Waals surface area contributed by atoms with Crippen LogP contribution >= 0.6 is 0 Å². The molecule has 0 radical (unpaired) electrons. The molecule has 1 aromatic heterocycles. The number of hydrogen-bond acceptors (Lipinski definition) is 3. The Morgan fingerprint density at radius 3 is 2.24 bits per heavy atom. The van der Waals surface area contributed by atoms with Crippen LogP contribution in [0.4, 0.5) is 0 Å². The lowest BCUT2D eigenvalue weighted by molar-refractivity contribution is 0.0659. The molecule has 148 valence electrons. The number of piperidine rings is 1. The van der Waals surface area contributed by atoms with Crippen molar-refractivity contribution in [1.29, 1.82) is 0 Å². The number of likely N-dealkylation sites (tertiary alicyclic amines) is 1. The molecule has 0 aliphatic carbocycles. The SMILES string of the molecule is COCc1cccc(C(=O)N2CCCC(c3ccccc3)(c3ccccc3)C2)n1. The molecule has 1 saturated heterocycles. The number of aromatic nitrogens is 1. The number of ether oxygens (including phenoxy) is 1. The number of nitrogens with zero attached hydrogens (tertiary/aromatic N) is 2. The molecular formula is C25H26N2O2. The van der Waals surface area contributed by atoms with E-state index in [0.29, 0.717) is 18.8 Å². The average molecular weight is 386 g/mol. The number of benzene rings is 2. The molecule has 0 spiro atoms. The number of rotatable bonds is 5. The van der Waals surface area contributed by atoms with Crippen LogP contribution in [0.5, 0.6) is 0 Å². The highest BCUT2D eigenvalue weighted by Crippen LogP contribution is 2.40. The Hall–Kier alpha value is -2.98. The Labute approximate surface area is 172 Å². The average Bonchev–Trinajstić information content (AvgIpc) is 2.80. The van der Waals surface area contributed by atoms with Gasteiger partial charge < -0.3 is 9.64 Å². The van der Waals surface area contributed by atoms with Gasteiger partial charge in [-0.2, -0.15) is 0 Å². The van der Waals surface area contributed by atoms with E-state index < -0.39 is 0 Å². The summed E-state index contributed by atoms with van der Waals surface area (Å²) < 4.78 is 5.17. The topological polar surface area (TPSA) is 42.4 Å². The Morgan fingerprint density at radius 1 is 0.966 bits per heavy atom. The molecule has 29 heavy (non-hydrogen) atoms. The Morgan fingerprint density at radius 2 is 1.62 bits per heavy atom. The first-order valence-corrected chi connectivity index (χ1v) is 10.1. The van der Waals surface area contributed by atoms with Gasteiger partial charge in [0.15, 0.2) is 0 Å². The van der Waals surface area contributed by atoms with E-state index in [0.717, 1.165) is 25.1 Å². The van der Waals surface area contributed by atoms with Crippen LogP contribution in [0, 0.1) is 0 Å². The van der Waals surface area contributed by atoms with Crippen molar-refractivity contribution in [2.24, 2.45) is 0 Å². The predicted molar refractivity (Wildman–Crippen MR) is 114 cm³/mol. The minimum Gasteiger partial charge on any atom is -0.378 e. The molecule has 3 aromatic rings. The van der Waals surface area contributed by atoms with Crippen molar-refractivity contribution in [2.45, 2.75) is 24.9 Å². The standard InChI is InChI=1S/C25H26N2O2/c1-29-18-22-14-8-15-23(26-22)24(28)27-17-9-16-25(19-27,20-10-4-2-5-11-20)21-12-6-3-7-13-21/h2-8,10-15H,9,16-19H2,1H3. The first-order chi connectivity index (χ1) is 14.2. The molecule has 4 heteroatoms. The van der Waals surface area contributed by atoms with Gasteiger partial charge in [0.2, 0.25) is 0 Å². The second kappa shape index (κ2) is 8.58. The lowest BCUT2D eigenvalue weighted by Gasteiger charge is -2.44. The molecule has 4 rings (SSSR count). The zero-order chi connectivity index (χ0) is 20.1. The maximum absolute atomic E-state index is 13.3. The smallest absolute Gasteiger partial charge is 0.272 e. The fourth-order valence-corrected chi connectivity index (χ4v) is 4.37. The quantitative estimate of drug-likeness (QED) is 0.651. The van der Waals surface area contributed by atoms with Gasteiger partial charge in [-0.15, -0.1) is 0 Å². The molecule has 0 atom stereocenters. The van der Waals surface area contributed by atoms with E-state index in [1.54, 1.807) is 13.2 Å². The highest BCUT2D eigenvalue weighted by molar-refractivity contribution is 5.92. The van der Waals surface area contributed by atoms with E-state index in [2.05, 4.69) is 53.5 Å². The molecule has 2 heterocycles. The first kappa shape index (κ1) is 19.3. The van der Waals surface area contributed by atoms with Gasteiger partial charge in [-0.05, 0) is 36.1 Å². The van der Waals surface area contributed by atoms with Gasteiger partial charge in [0.05, 0.1) is 12.3 Å². The highest BCUT2D eigenvalue weighted by Gasteiger charge is 2.40. The molecule has 1 aliphatic rings. The molecule has 0 saturated carbocycles. The summed E-state index contributed by atoms with van der Waals surface area (Å²) in [6.45, 7) is 1.80. The summed E-state index contributed by atoms with van der Waals surface area (Å²) in [5.41, 5.74) is 3.56. The number of hydrogen-bond donors (Lipinski definition) is 0. The second-order valence-corrected chi connectivity index (χ2v) is 7.59. The predicted octanol–water partition coefficient (Wildman–Crippen LogP) is 4.45. The Kier molecular flexibility index (Phi) is 5.72. The molecule has 4 nitrogen and oxygen atoms in total. The maximum atomic E-state index is 13.3. The van der Waals surface area contributed by atoms with Crippen LogP contribution in [0.3, 0.4) is 0 Å². The van der Waals surface area contributed by atoms with E-state index in [4.69, 9.17) is 4.74 Å². The third kappa shape index (κ3) is 3.94. The third-order valence-corrected chi connectivity index (χ3v) is 5.75. The fraction of sp³-hybridized carbons (Fsp3) is 0.280.